The molecule has 0 spiro atoms. The lowest BCUT2D eigenvalue weighted by Crippen LogP contribution is -2.31. The van der Waals surface area contributed by atoms with Crippen molar-refractivity contribution in [1.82, 2.24) is 14.5 Å². The molecule has 45 heavy (non-hydrogen) atoms. The molecule has 0 saturated carbocycles. The Bertz CT molecular complexity index is 1700. The first-order valence-electron chi connectivity index (χ1n) is 13.9. The average Bonchev–Trinajstić information content (AvgIpc) is 3.57. The van der Waals surface area contributed by atoms with Gasteiger partial charge >= 0.3 is 11.9 Å². The van der Waals surface area contributed by atoms with E-state index in [-0.39, 0.29) is 49.5 Å². The summed E-state index contributed by atoms with van der Waals surface area (Å²) < 4.78 is 11.9. The summed E-state index contributed by atoms with van der Waals surface area (Å²) in [4.78, 5) is 61.0. The van der Waals surface area contributed by atoms with Crippen molar-refractivity contribution in [1.29, 1.82) is 0 Å². The molecule has 0 fully saturated rings. The summed E-state index contributed by atoms with van der Waals surface area (Å²) in [6, 6.07) is 14.1. The Balaban J connectivity index is 1.43. The van der Waals surface area contributed by atoms with Crippen molar-refractivity contribution in [2.45, 2.75) is 13.8 Å². The van der Waals surface area contributed by atoms with E-state index in [0.29, 0.717) is 52.6 Å². The van der Waals surface area contributed by atoms with E-state index in [1.807, 2.05) is 24.1 Å². The smallest absolute Gasteiger partial charge is 0.302 e. The SMILES string of the molecule is CC(=O)OCCN(CCOC(C)=O)c1ccc(NC(=O)c2ccc3nc(-c4cc(NC(=O)CN=C(N)N)cn4C)[nH]c3c2)cc1. The number of nitrogens with zero attached hydrogens (tertiary/aromatic N) is 4. The maximum atomic E-state index is 13.1. The second-order valence-corrected chi connectivity index (χ2v) is 10.00. The van der Waals surface area contributed by atoms with Gasteiger partial charge in [-0.3, -0.25) is 19.2 Å². The number of amides is 2. The van der Waals surface area contributed by atoms with Gasteiger partial charge in [0, 0.05) is 44.0 Å². The van der Waals surface area contributed by atoms with Crippen molar-refractivity contribution in [2.24, 2.45) is 23.5 Å². The normalized spacial score (nSPS) is 10.6. The topological polar surface area (TPSA) is 212 Å². The summed E-state index contributed by atoms with van der Waals surface area (Å²) in [5.41, 5.74) is 14.9. The van der Waals surface area contributed by atoms with Crippen molar-refractivity contribution >= 4 is 57.8 Å². The van der Waals surface area contributed by atoms with Crippen LogP contribution in [-0.4, -0.2) is 77.1 Å². The van der Waals surface area contributed by atoms with E-state index in [0.717, 1.165) is 5.69 Å². The lowest BCUT2D eigenvalue weighted by Gasteiger charge is -2.24. The van der Waals surface area contributed by atoms with Crippen molar-refractivity contribution in [3.05, 3.63) is 60.3 Å². The highest BCUT2D eigenvalue weighted by molar-refractivity contribution is 6.06. The third kappa shape index (κ3) is 9.06. The van der Waals surface area contributed by atoms with Gasteiger partial charge in [0.25, 0.3) is 5.91 Å². The summed E-state index contributed by atoms with van der Waals surface area (Å²) in [6.45, 7) is 3.63. The summed E-state index contributed by atoms with van der Waals surface area (Å²) >= 11 is 0. The van der Waals surface area contributed by atoms with E-state index in [4.69, 9.17) is 20.9 Å². The molecular weight excluding hydrogens is 582 g/mol. The molecule has 0 aliphatic heterocycles. The number of aliphatic imine (C=N–C) groups is 1. The van der Waals surface area contributed by atoms with E-state index in [9.17, 15) is 19.2 Å². The number of fused-ring (bicyclic) bond motifs is 1. The molecule has 0 radical (unpaired) electrons. The lowest BCUT2D eigenvalue weighted by molar-refractivity contribution is -0.141. The first kappa shape index (κ1) is 32.1. The quantitative estimate of drug-likeness (QED) is 0.0836. The van der Waals surface area contributed by atoms with Crippen LogP contribution in [0.5, 0.6) is 0 Å². The highest BCUT2D eigenvalue weighted by atomic mass is 16.5. The van der Waals surface area contributed by atoms with Crippen molar-refractivity contribution < 1.29 is 28.7 Å². The number of H-pyrrole nitrogens is 1. The molecular formula is C30H35N9O6. The van der Waals surface area contributed by atoms with Crippen LogP contribution in [0.25, 0.3) is 22.6 Å². The predicted molar refractivity (Wildman–Crippen MR) is 170 cm³/mol. The minimum absolute atomic E-state index is 0.169. The Morgan fingerprint density at radius 2 is 1.60 bits per heavy atom. The van der Waals surface area contributed by atoms with Crippen molar-refractivity contribution in [3.8, 4) is 11.5 Å². The van der Waals surface area contributed by atoms with Gasteiger partial charge < -0.3 is 46.0 Å². The Labute approximate surface area is 258 Å². The standard InChI is InChI=1S/C30H35N9O6/c1-18(40)44-12-10-39(11-13-45-19(2)41)23-7-5-21(6-8-23)35-29(43)20-4-9-24-25(14-20)37-28(36-24)26-15-22(17-38(26)3)34-27(42)16-33-30(31)32/h4-9,14-15,17H,10-13,16H2,1-3H3,(H,34,42)(H,35,43)(H,36,37)(H4,31,32,33). The molecule has 4 rings (SSSR count). The van der Waals surface area contributed by atoms with Gasteiger partial charge in [0.15, 0.2) is 11.8 Å². The second kappa shape index (κ2) is 14.5. The van der Waals surface area contributed by atoms with Gasteiger partial charge in [0.05, 0.1) is 35.5 Å². The van der Waals surface area contributed by atoms with Gasteiger partial charge in [-0.2, -0.15) is 0 Å². The van der Waals surface area contributed by atoms with Crippen LogP contribution < -0.4 is 27.0 Å². The number of carbonyl (C=O) groups excluding carboxylic acids is 4. The van der Waals surface area contributed by atoms with E-state index in [1.165, 1.54) is 13.8 Å². The van der Waals surface area contributed by atoms with E-state index >= 15 is 0 Å². The molecule has 0 aliphatic carbocycles. The first-order valence-corrected chi connectivity index (χ1v) is 13.9. The Hall–Kier alpha value is -5.86. The number of imidazole rings is 1. The zero-order valence-corrected chi connectivity index (χ0v) is 25.1. The molecule has 15 nitrogen and oxygen atoms in total. The highest BCUT2D eigenvalue weighted by Crippen LogP contribution is 2.26. The number of carbonyl (C=O) groups is 4. The van der Waals surface area contributed by atoms with Gasteiger partial charge in [-0.15, -0.1) is 0 Å². The monoisotopic (exact) mass is 617 g/mol. The van der Waals surface area contributed by atoms with Crippen LogP contribution in [0.3, 0.4) is 0 Å². The molecule has 2 aromatic heterocycles. The maximum absolute atomic E-state index is 13.1. The molecule has 2 amide bonds. The number of anilines is 3. The first-order chi connectivity index (χ1) is 21.5. The summed E-state index contributed by atoms with van der Waals surface area (Å²) in [5.74, 6) is -1.06. The number of aromatic nitrogens is 3. The van der Waals surface area contributed by atoms with E-state index in [1.54, 1.807) is 47.2 Å². The maximum Gasteiger partial charge on any atom is 0.302 e. The number of hydrogen-bond acceptors (Lipinski definition) is 9. The number of nitrogens with two attached hydrogens (primary N) is 2. The van der Waals surface area contributed by atoms with Crippen LogP contribution in [0.15, 0.2) is 59.7 Å². The minimum Gasteiger partial charge on any atom is -0.464 e. The third-order valence-electron chi connectivity index (χ3n) is 6.50. The third-order valence-corrected chi connectivity index (χ3v) is 6.50. The molecule has 4 aromatic rings. The summed E-state index contributed by atoms with van der Waals surface area (Å²) in [5, 5.41) is 5.63. The number of aryl methyl sites for hydroxylation is 1. The van der Waals surface area contributed by atoms with Gasteiger partial charge in [-0.1, -0.05) is 0 Å². The minimum atomic E-state index is -0.381. The molecule has 2 aromatic carbocycles. The molecule has 0 saturated heterocycles. The van der Waals surface area contributed by atoms with Gasteiger partial charge in [-0.05, 0) is 48.5 Å². The number of nitrogens with one attached hydrogen (secondary N) is 3. The summed E-state index contributed by atoms with van der Waals surface area (Å²) in [6.07, 6.45) is 1.74. The molecule has 2 heterocycles. The Morgan fingerprint density at radius 3 is 2.22 bits per heavy atom. The second-order valence-electron chi connectivity index (χ2n) is 10.00. The molecule has 236 valence electrons. The van der Waals surface area contributed by atoms with Crippen LogP contribution in [0.2, 0.25) is 0 Å². The number of esters is 2. The van der Waals surface area contributed by atoms with Crippen LogP contribution in [0, 0.1) is 0 Å². The van der Waals surface area contributed by atoms with Crippen LogP contribution in [-0.2, 0) is 30.9 Å². The average molecular weight is 618 g/mol. The molecule has 0 bridgehead atoms. The number of ether oxygens (including phenoxy) is 2. The van der Waals surface area contributed by atoms with Crippen LogP contribution in [0.4, 0.5) is 17.1 Å². The number of benzene rings is 2. The van der Waals surface area contributed by atoms with Crippen molar-refractivity contribution in [2.75, 3.05) is 48.4 Å². The van der Waals surface area contributed by atoms with Gasteiger partial charge in [0.2, 0.25) is 5.91 Å². The van der Waals surface area contributed by atoms with E-state index in [2.05, 4.69) is 25.6 Å². The Kier molecular flexibility index (Phi) is 10.4. The summed E-state index contributed by atoms with van der Waals surface area (Å²) in [7, 11) is 1.82. The Morgan fingerprint density at radius 1 is 0.933 bits per heavy atom. The molecule has 0 unspecified atom stereocenters. The van der Waals surface area contributed by atoms with Crippen LogP contribution >= 0.6 is 0 Å². The fraction of sp³-hybridized carbons (Fsp3) is 0.267. The fourth-order valence-electron chi connectivity index (χ4n) is 4.43. The fourth-order valence-corrected chi connectivity index (χ4v) is 4.43. The zero-order chi connectivity index (χ0) is 32.5. The van der Waals surface area contributed by atoms with Crippen molar-refractivity contribution in [3.63, 3.8) is 0 Å². The number of guanidine groups is 1. The molecule has 7 N–H and O–H groups in total. The molecule has 15 heteroatoms. The number of hydrogen-bond donors (Lipinski definition) is 5. The van der Waals surface area contributed by atoms with E-state index < -0.39 is 0 Å². The number of aromatic amines is 1. The lowest BCUT2D eigenvalue weighted by atomic mass is 10.2. The largest absolute Gasteiger partial charge is 0.464 e. The number of rotatable bonds is 13. The highest BCUT2D eigenvalue weighted by Gasteiger charge is 2.15. The van der Waals surface area contributed by atoms with Gasteiger partial charge in [0.1, 0.15) is 19.8 Å². The van der Waals surface area contributed by atoms with Crippen LogP contribution in [0.1, 0.15) is 24.2 Å². The molecule has 0 atom stereocenters. The molecule has 0 aliphatic rings. The van der Waals surface area contributed by atoms with Gasteiger partial charge in [-0.25, -0.2) is 9.98 Å². The predicted octanol–water partition coefficient (Wildman–Crippen LogP) is 1.97. The zero-order valence-electron chi connectivity index (χ0n) is 25.1.